The topological polar surface area (TPSA) is 128 Å². The van der Waals surface area contributed by atoms with Crippen molar-refractivity contribution in [2.24, 2.45) is 5.92 Å². The lowest BCUT2D eigenvalue weighted by molar-refractivity contribution is -0.120. The molecule has 3 N–H and O–H groups in total. The van der Waals surface area contributed by atoms with Gasteiger partial charge in [0.25, 0.3) is 0 Å². The maximum absolute atomic E-state index is 13.8. The van der Waals surface area contributed by atoms with Crippen molar-refractivity contribution in [3.63, 3.8) is 0 Å². The number of fused-ring (bicyclic) bond motifs is 4. The number of thiazole rings is 1. The van der Waals surface area contributed by atoms with Gasteiger partial charge in [0.05, 0.1) is 38.8 Å². The van der Waals surface area contributed by atoms with Crippen molar-refractivity contribution in [2.75, 3.05) is 32.0 Å². The normalized spacial score (nSPS) is 16.2. The number of nitrogens with one attached hydrogen (secondary N) is 3. The number of carbonyl (C=O) groups excluding carboxylic acids is 2. The van der Waals surface area contributed by atoms with Gasteiger partial charge < -0.3 is 30.2 Å². The van der Waals surface area contributed by atoms with Gasteiger partial charge in [0.1, 0.15) is 6.04 Å². The van der Waals surface area contributed by atoms with E-state index in [1.807, 2.05) is 26.0 Å². The second kappa shape index (κ2) is 13.9. The molecule has 0 fully saturated rings. The summed E-state index contributed by atoms with van der Waals surface area (Å²) in [4.78, 5) is 45.7. The van der Waals surface area contributed by atoms with E-state index in [1.165, 1.54) is 18.2 Å². The minimum Gasteiger partial charge on any atom is -0.493 e. The van der Waals surface area contributed by atoms with E-state index in [0.29, 0.717) is 40.8 Å². The quantitative estimate of drug-likeness (QED) is 0.257. The lowest BCUT2D eigenvalue weighted by atomic mass is 9.95. The number of carbonyl (C=O) groups is 2. The Balaban J connectivity index is 1.55. The molecule has 2 atom stereocenters. The zero-order chi connectivity index (χ0) is 32.2. The van der Waals surface area contributed by atoms with Crippen molar-refractivity contribution in [1.82, 2.24) is 10.3 Å². The molecule has 5 rings (SSSR count). The van der Waals surface area contributed by atoms with Crippen LogP contribution in [0.1, 0.15) is 74.2 Å². The van der Waals surface area contributed by atoms with E-state index in [0.717, 1.165) is 48.1 Å². The number of aryl methyl sites for hydroxylation is 3. The van der Waals surface area contributed by atoms with Crippen LogP contribution in [0.3, 0.4) is 0 Å². The van der Waals surface area contributed by atoms with Crippen molar-refractivity contribution in [3.8, 4) is 28.4 Å². The molecule has 45 heavy (non-hydrogen) atoms. The fourth-order valence-electron chi connectivity index (χ4n) is 6.29. The Morgan fingerprint density at radius 2 is 1.73 bits per heavy atom. The van der Waals surface area contributed by atoms with Crippen LogP contribution in [0.5, 0.6) is 17.2 Å². The third-order valence-corrected chi connectivity index (χ3v) is 9.57. The second-order valence-corrected chi connectivity index (χ2v) is 13.0. The van der Waals surface area contributed by atoms with Gasteiger partial charge in [-0.1, -0.05) is 26.3 Å². The Kier molecular flexibility index (Phi) is 9.96. The molecular weight excluding hydrogens is 592 g/mol. The molecule has 0 radical (unpaired) electrons. The van der Waals surface area contributed by atoms with Crippen molar-refractivity contribution < 1.29 is 23.8 Å². The minimum absolute atomic E-state index is 0.129. The van der Waals surface area contributed by atoms with Crippen LogP contribution < -0.4 is 35.6 Å². The first-order valence-electron chi connectivity index (χ1n) is 15.5. The summed E-state index contributed by atoms with van der Waals surface area (Å²) in [5, 5.41) is 9.86. The van der Waals surface area contributed by atoms with Gasteiger partial charge in [0.2, 0.25) is 23.0 Å². The number of methoxy groups -OCH3 is 3. The first-order valence-corrected chi connectivity index (χ1v) is 16.3. The molecule has 0 saturated carbocycles. The Bertz CT molecular complexity index is 1630. The van der Waals surface area contributed by atoms with Gasteiger partial charge in [-0.15, -0.1) is 11.3 Å². The summed E-state index contributed by atoms with van der Waals surface area (Å²) < 4.78 is 17.2. The molecule has 0 spiro atoms. The highest BCUT2D eigenvalue weighted by atomic mass is 32.1. The predicted octanol–water partition coefficient (Wildman–Crippen LogP) is 5.66. The minimum atomic E-state index is -0.694. The van der Waals surface area contributed by atoms with Gasteiger partial charge in [-0.3, -0.25) is 14.4 Å². The van der Waals surface area contributed by atoms with Gasteiger partial charge in [-0.2, -0.15) is 0 Å². The molecule has 2 aromatic carbocycles. The number of rotatable bonds is 9. The van der Waals surface area contributed by atoms with Crippen LogP contribution in [-0.2, 0) is 28.9 Å². The standard InChI is InChI=1S/C34H42N4O6S/c1-18(2)30(33(41)38-34-37-25-10-8-7-9-11-28(25)45-34)36-24-15-13-21-22(17-26(24)40)23(35-19(3)39)14-12-20-16-27(42-4)31(43-5)32(44-6)29(20)21/h13,15-18,23,30H,7-12,14H2,1-6H3,(H,35,39)(H,36,40)(H,37,38,41)/t23-,30-/m1/s1. The van der Waals surface area contributed by atoms with Crippen LogP contribution in [0, 0.1) is 5.92 Å². The predicted molar refractivity (Wildman–Crippen MR) is 177 cm³/mol. The molecular formula is C34H42N4O6S. The lowest BCUT2D eigenvalue weighted by Crippen LogP contribution is -2.39. The summed E-state index contributed by atoms with van der Waals surface area (Å²) in [5.74, 6) is 0.864. The molecule has 2 aliphatic carbocycles. The number of hydrogen-bond acceptors (Lipinski definition) is 9. The smallest absolute Gasteiger partial charge is 0.248 e. The van der Waals surface area contributed by atoms with E-state index in [-0.39, 0.29) is 28.8 Å². The highest BCUT2D eigenvalue weighted by Crippen LogP contribution is 2.50. The molecule has 1 heterocycles. The summed E-state index contributed by atoms with van der Waals surface area (Å²) in [7, 11) is 4.68. The highest BCUT2D eigenvalue weighted by Gasteiger charge is 2.30. The van der Waals surface area contributed by atoms with Crippen LogP contribution in [0.4, 0.5) is 10.8 Å². The van der Waals surface area contributed by atoms with Gasteiger partial charge in [-0.05, 0) is 79.3 Å². The average Bonchev–Trinajstić information content (AvgIpc) is 3.11. The van der Waals surface area contributed by atoms with E-state index in [9.17, 15) is 14.4 Å². The summed E-state index contributed by atoms with van der Waals surface area (Å²) in [6.45, 7) is 5.33. The van der Waals surface area contributed by atoms with Crippen LogP contribution in [0.2, 0.25) is 0 Å². The van der Waals surface area contributed by atoms with Gasteiger partial charge in [0.15, 0.2) is 16.6 Å². The summed E-state index contributed by atoms with van der Waals surface area (Å²) in [6, 6.07) is 5.89. The van der Waals surface area contributed by atoms with E-state index in [4.69, 9.17) is 19.2 Å². The van der Waals surface area contributed by atoms with Crippen molar-refractivity contribution in [2.45, 2.75) is 77.8 Å². The van der Waals surface area contributed by atoms with Crippen LogP contribution in [0.15, 0.2) is 29.1 Å². The Labute approximate surface area is 267 Å². The van der Waals surface area contributed by atoms with Crippen LogP contribution in [0.25, 0.3) is 11.1 Å². The Morgan fingerprint density at radius 1 is 0.978 bits per heavy atom. The van der Waals surface area contributed by atoms with Crippen LogP contribution >= 0.6 is 11.3 Å². The summed E-state index contributed by atoms with van der Waals surface area (Å²) in [6.07, 6.45) is 6.53. The number of aromatic nitrogens is 1. The van der Waals surface area contributed by atoms with E-state index >= 15 is 0 Å². The number of benzene rings is 1. The number of hydrogen-bond donors (Lipinski definition) is 3. The molecule has 11 heteroatoms. The molecule has 1 aromatic heterocycles. The monoisotopic (exact) mass is 634 g/mol. The maximum Gasteiger partial charge on any atom is 0.248 e. The summed E-state index contributed by atoms with van der Waals surface area (Å²) in [5.41, 5.74) is 4.14. The molecule has 0 bridgehead atoms. The Morgan fingerprint density at radius 3 is 2.42 bits per heavy atom. The zero-order valence-corrected chi connectivity index (χ0v) is 27.6. The largest absolute Gasteiger partial charge is 0.493 e. The van der Waals surface area contributed by atoms with Crippen molar-refractivity contribution in [3.05, 3.63) is 56.2 Å². The third-order valence-electron chi connectivity index (χ3n) is 8.50. The van der Waals surface area contributed by atoms with Gasteiger partial charge in [-0.25, -0.2) is 4.98 Å². The number of amides is 2. The average molecular weight is 635 g/mol. The number of nitrogens with zero attached hydrogens (tertiary/aromatic N) is 1. The van der Waals surface area contributed by atoms with Crippen molar-refractivity contribution >= 4 is 34.0 Å². The molecule has 3 aromatic rings. The van der Waals surface area contributed by atoms with E-state index in [2.05, 4.69) is 16.0 Å². The number of anilines is 2. The SMILES string of the molecule is COc1cc2c(c(OC)c1OC)-c1ccc(N[C@@H](C(=O)Nc3nc4c(s3)CCCCC4)C(C)C)c(=O)cc1[C@H](NC(C)=O)CC2. The third kappa shape index (κ3) is 6.78. The number of ether oxygens (including phenoxy) is 3. The molecule has 0 saturated heterocycles. The first kappa shape index (κ1) is 32.3. The molecule has 2 amide bonds. The fourth-order valence-corrected chi connectivity index (χ4v) is 7.35. The van der Waals surface area contributed by atoms with E-state index < -0.39 is 12.1 Å². The van der Waals surface area contributed by atoms with Gasteiger partial charge >= 0.3 is 0 Å². The molecule has 0 aliphatic heterocycles. The second-order valence-electron chi connectivity index (χ2n) is 11.9. The highest BCUT2D eigenvalue weighted by molar-refractivity contribution is 7.15. The van der Waals surface area contributed by atoms with Crippen LogP contribution in [-0.4, -0.2) is 44.2 Å². The molecule has 0 unspecified atom stereocenters. The Hall–Kier alpha value is -4.12. The molecule has 2 aliphatic rings. The lowest BCUT2D eigenvalue weighted by Gasteiger charge is -2.21. The first-order chi connectivity index (χ1) is 21.6. The maximum atomic E-state index is 13.8. The zero-order valence-electron chi connectivity index (χ0n) is 26.8. The summed E-state index contributed by atoms with van der Waals surface area (Å²) >= 11 is 1.54. The molecule has 10 nitrogen and oxygen atoms in total. The van der Waals surface area contributed by atoms with Gasteiger partial charge in [0, 0.05) is 17.4 Å². The van der Waals surface area contributed by atoms with E-state index in [1.54, 1.807) is 44.8 Å². The van der Waals surface area contributed by atoms with Crippen molar-refractivity contribution in [1.29, 1.82) is 0 Å². The molecule has 240 valence electrons. The fraction of sp³-hybridized carbons (Fsp3) is 0.471.